The largest absolute Gasteiger partial charge is 0.481 e. The highest BCUT2D eigenvalue weighted by Gasteiger charge is 2.23. The molecule has 2 unspecified atom stereocenters. The number of rotatable bonds is 34. The van der Waals surface area contributed by atoms with Crippen LogP contribution in [0.25, 0.3) is 0 Å². The van der Waals surface area contributed by atoms with E-state index < -0.39 is 60.7 Å². The second-order valence-electron chi connectivity index (χ2n) is 12.0. The number of aliphatic carboxylic acids is 3. The number of unbranched alkanes of at least 4 members (excludes halogenated alkanes) is 13. The zero-order valence-electron chi connectivity index (χ0n) is 29.0. The zero-order chi connectivity index (χ0) is 37.4. The van der Waals surface area contributed by atoms with Crippen molar-refractivity contribution in [3.63, 3.8) is 0 Å². The molecular formula is C33H57N5O12. The van der Waals surface area contributed by atoms with E-state index in [-0.39, 0.29) is 57.9 Å². The van der Waals surface area contributed by atoms with E-state index >= 15 is 0 Å². The van der Waals surface area contributed by atoms with Crippen molar-refractivity contribution in [2.75, 3.05) is 32.8 Å². The second kappa shape index (κ2) is 30.8. The Balaban J connectivity index is 3.90. The lowest BCUT2D eigenvalue weighted by Gasteiger charge is -2.15. The second-order valence-corrected chi connectivity index (χ2v) is 12.0. The summed E-state index contributed by atoms with van der Waals surface area (Å²) in [5.41, 5.74) is 0. The number of hydrogen-bond acceptors (Lipinski definition) is 9. The van der Waals surface area contributed by atoms with Gasteiger partial charge in [0.1, 0.15) is 18.7 Å². The molecule has 0 aromatic rings. The van der Waals surface area contributed by atoms with Crippen LogP contribution in [0, 0.1) is 0 Å². The van der Waals surface area contributed by atoms with Gasteiger partial charge in [-0.3, -0.25) is 28.8 Å². The first-order chi connectivity index (χ1) is 24.0. The molecule has 0 saturated carbocycles. The third-order valence-electron chi connectivity index (χ3n) is 7.60. The van der Waals surface area contributed by atoms with Gasteiger partial charge >= 0.3 is 17.9 Å². The van der Waals surface area contributed by atoms with E-state index in [2.05, 4.69) is 26.6 Å². The minimum absolute atomic E-state index is 0.0184. The van der Waals surface area contributed by atoms with E-state index in [1.54, 1.807) is 0 Å². The molecule has 0 aliphatic rings. The summed E-state index contributed by atoms with van der Waals surface area (Å²) >= 11 is 0. The molecule has 17 heteroatoms. The van der Waals surface area contributed by atoms with Crippen LogP contribution in [0.2, 0.25) is 0 Å². The standard InChI is InChI=1S/C33H57N5O12/c39-24-34-22-29(42)38-26(33(48)49)21-28(41)36-19-20-50-23-30(43)35-18-17-25(32(46)47)37-27(40)15-13-11-9-7-5-3-1-2-4-6-8-10-12-14-16-31(44)45/h24-26H,1-23H2,(H,34,39)(H,35,43)(H,36,41)(H,37,40)(H,38,42)(H,44,45)(H,46,47)(H,48,49). The third-order valence-corrected chi connectivity index (χ3v) is 7.60. The number of ether oxygens (including phenoxy) is 1. The normalized spacial score (nSPS) is 11.8. The van der Waals surface area contributed by atoms with Crippen molar-refractivity contribution >= 4 is 47.9 Å². The highest BCUT2D eigenvalue weighted by atomic mass is 16.5. The van der Waals surface area contributed by atoms with E-state index in [1.165, 1.54) is 32.1 Å². The maximum absolute atomic E-state index is 12.2. The number of hydrogen-bond donors (Lipinski definition) is 8. The van der Waals surface area contributed by atoms with Crippen molar-refractivity contribution in [1.82, 2.24) is 26.6 Å². The molecule has 0 aliphatic heterocycles. The number of carboxylic acids is 3. The molecule has 0 aliphatic carbocycles. The van der Waals surface area contributed by atoms with Crippen molar-refractivity contribution in [3.8, 4) is 0 Å². The summed E-state index contributed by atoms with van der Waals surface area (Å²) < 4.78 is 5.15. The van der Waals surface area contributed by atoms with Crippen LogP contribution in [0.1, 0.15) is 116 Å². The minimum Gasteiger partial charge on any atom is -0.481 e. The van der Waals surface area contributed by atoms with E-state index in [9.17, 15) is 43.5 Å². The fraction of sp³-hybridized carbons (Fsp3) is 0.758. The van der Waals surface area contributed by atoms with Crippen LogP contribution < -0.4 is 26.6 Å². The van der Waals surface area contributed by atoms with Crippen molar-refractivity contribution in [3.05, 3.63) is 0 Å². The Morgan fingerprint density at radius 3 is 1.54 bits per heavy atom. The summed E-state index contributed by atoms with van der Waals surface area (Å²) in [5.74, 6) is -5.74. The highest BCUT2D eigenvalue weighted by molar-refractivity contribution is 5.89. The zero-order valence-corrected chi connectivity index (χ0v) is 29.0. The predicted octanol–water partition coefficient (Wildman–Crippen LogP) is 1.23. The van der Waals surface area contributed by atoms with Crippen LogP contribution in [-0.2, 0) is 43.1 Å². The third kappa shape index (κ3) is 28.7. The first kappa shape index (κ1) is 45.7. The van der Waals surface area contributed by atoms with Crippen molar-refractivity contribution in [1.29, 1.82) is 0 Å². The Kier molecular flexibility index (Phi) is 28.1. The molecule has 17 nitrogen and oxygen atoms in total. The molecule has 8 N–H and O–H groups in total. The van der Waals surface area contributed by atoms with Gasteiger partial charge < -0.3 is 46.6 Å². The van der Waals surface area contributed by atoms with Gasteiger partial charge in [0, 0.05) is 25.9 Å². The molecule has 50 heavy (non-hydrogen) atoms. The fourth-order valence-corrected chi connectivity index (χ4v) is 4.88. The molecule has 0 saturated heterocycles. The van der Waals surface area contributed by atoms with Gasteiger partial charge in [0.05, 0.1) is 19.6 Å². The quantitative estimate of drug-likeness (QED) is 0.0345. The Bertz CT molecular complexity index is 1040. The Hall–Kier alpha value is -4.28. The number of amides is 5. The maximum Gasteiger partial charge on any atom is 0.326 e. The molecule has 5 amide bonds. The number of carbonyl (C=O) groups is 8. The van der Waals surface area contributed by atoms with E-state index in [4.69, 9.17) is 14.9 Å². The Morgan fingerprint density at radius 2 is 1.04 bits per heavy atom. The van der Waals surface area contributed by atoms with Crippen molar-refractivity contribution in [2.45, 2.75) is 128 Å². The summed E-state index contributed by atoms with van der Waals surface area (Å²) in [6.45, 7) is -0.969. The van der Waals surface area contributed by atoms with Gasteiger partial charge in [0.15, 0.2) is 0 Å². The maximum atomic E-state index is 12.2. The van der Waals surface area contributed by atoms with E-state index in [1.807, 2.05) is 0 Å². The van der Waals surface area contributed by atoms with Gasteiger partial charge in [-0.25, -0.2) is 9.59 Å². The van der Waals surface area contributed by atoms with Gasteiger partial charge in [0.2, 0.25) is 30.0 Å². The summed E-state index contributed by atoms with van der Waals surface area (Å²) in [5, 5.41) is 38.8. The lowest BCUT2D eigenvalue weighted by Crippen LogP contribution is -2.47. The fourth-order valence-electron chi connectivity index (χ4n) is 4.88. The van der Waals surface area contributed by atoms with E-state index in [0.29, 0.717) is 6.42 Å². The molecule has 286 valence electrons. The molecule has 0 bridgehead atoms. The molecule has 0 heterocycles. The summed E-state index contributed by atoms with van der Waals surface area (Å²) in [6.07, 6.45) is 15.0. The Labute approximate surface area is 293 Å². The van der Waals surface area contributed by atoms with E-state index in [0.717, 1.165) is 51.4 Å². The molecule has 0 spiro atoms. The first-order valence-corrected chi connectivity index (χ1v) is 17.5. The first-order valence-electron chi connectivity index (χ1n) is 17.5. The SMILES string of the molecule is O=CNCC(=O)NC(CC(=O)NCCOCC(=O)NCCC(NC(=O)CCCCCCCCCCCCCCCCC(=O)O)C(=O)O)C(=O)O. The average Bonchev–Trinajstić information content (AvgIpc) is 3.05. The smallest absolute Gasteiger partial charge is 0.326 e. The lowest BCUT2D eigenvalue weighted by molar-refractivity contribution is -0.143. The monoisotopic (exact) mass is 715 g/mol. The van der Waals surface area contributed by atoms with Crippen LogP contribution >= 0.6 is 0 Å². The predicted molar refractivity (Wildman–Crippen MR) is 181 cm³/mol. The number of carbonyl (C=O) groups excluding carboxylic acids is 5. The summed E-state index contributed by atoms with van der Waals surface area (Å²) in [6, 6.07) is -2.66. The summed E-state index contributed by atoms with van der Waals surface area (Å²) in [7, 11) is 0. The molecule has 0 rings (SSSR count). The molecule has 2 atom stereocenters. The molecule has 0 radical (unpaired) electrons. The lowest BCUT2D eigenvalue weighted by atomic mass is 10.0. The topological polar surface area (TPSA) is 267 Å². The van der Waals surface area contributed by atoms with Gasteiger partial charge in [-0.2, -0.15) is 0 Å². The van der Waals surface area contributed by atoms with Crippen LogP contribution in [0.5, 0.6) is 0 Å². The average molecular weight is 716 g/mol. The molecule has 0 aromatic heterocycles. The number of carboxylic acid groups (broad SMARTS) is 3. The van der Waals surface area contributed by atoms with Crippen LogP contribution in [0.3, 0.4) is 0 Å². The van der Waals surface area contributed by atoms with Crippen molar-refractivity contribution in [2.24, 2.45) is 0 Å². The minimum atomic E-state index is -1.50. The van der Waals surface area contributed by atoms with Crippen LogP contribution in [-0.4, -0.2) is 108 Å². The molecule has 0 aromatic carbocycles. The van der Waals surface area contributed by atoms with Gasteiger partial charge in [0.25, 0.3) is 0 Å². The van der Waals surface area contributed by atoms with Crippen molar-refractivity contribution < 1.29 is 58.4 Å². The molecular weight excluding hydrogens is 658 g/mol. The van der Waals surface area contributed by atoms with Gasteiger partial charge in [-0.1, -0.05) is 77.0 Å². The van der Waals surface area contributed by atoms with Gasteiger partial charge in [-0.15, -0.1) is 0 Å². The van der Waals surface area contributed by atoms with Gasteiger partial charge in [-0.05, 0) is 19.3 Å². The van der Waals surface area contributed by atoms with Crippen LogP contribution in [0.15, 0.2) is 0 Å². The molecule has 0 fully saturated rings. The van der Waals surface area contributed by atoms with Crippen LogP contribution in [0.4, 0.5) is 0 Å². The Morgan fingerprint density at radius 1 is 0.560 bits per heavy atom. The highest BCUT2D eigenvalue weighted by Crippen LogP contribution is 2.14. The number of nitrogens with one attached hydrogen (secondary N) is 5. The summed E-state index contributed by atoms with van der Waals surface area (Å²) in [4.78, 5) is 91.3.